The summed E-state index contributed by atoms with van der Waals surface area (Å²) in [7, 11) is 0. The number of aromatic nitrogens is 1. The number of nitrogens with one attached hydrogen (secondary N) is 1. The standard InChI is InChI=1S/C23H28N2O2/c1-16-11-18-7-9-21(20(12-16)13-18)25-23(26)19-8-10-22(24-14-19)27-15-17-5-3-2-4-6-17/h2-6,8,10,14,16,18,20-21H,7,9,11-13,15H2,1H3,(H,25,26). The van der Waals surface area contributed by atoms with Gasteiger partial charge >= 0.3 is 0 Å². The molecule has 2 fully saturated rings. The molecule has 2 aliphatic rings. The molecule has 2 aromatic rings. The first kappa shape index (κ1) is 18.0. The van der Waals surface area contributed by atoms with E-state index in [2.05, 4.69) is 17.2 Å². The van der Waals surface area contributed by atoms with Crippen LogP contribution < -0.4 is 10.1 Å². The van der Waals surface area contributed by atoms with E-state index in [0.29, 0.717) is 30.0 Å². The molecule has 1 aromatic carbocycles. The van der Waals surface area contributed by atoms with Crippen LogP contribution in [0.25, 0.3) is 0 Å². The highest BCUT2D eigenvalue weighted by Gasteiger charge is 2.36. The average molecular weight is 364 g/mol. The molecule has 1 aromatic heterocycles. The van der Waals surface area contributed by atoms with Crippen LogP contribution in [0.5, 0.6) is 5.88 Å². The van der Waals surface area contributed by atoms with Crippen molar-refractivity contribution in [3.05, 3.63) is 59.8 Å². The maximum Gasteiger partial charge on any atom is 0.253 e. The molecule has 4 rings (SSSR count). The summed E-state index contributed by atoms with van der Waals surface area (Å²) in [6, 6.07) is 13.9. The Morgan fingerprint density at radius 1 is 1.11 bits per heavy atom. The summed E-state index contributed by atoms with van der Waals surface area (Å²) in [5.74, 6) is 2.82. The third-order valence-electron chi connectivity index (χ3n) is 6.08. The van der Waals surface area contributed by atoms with Gasteiger partial charge in [0, 0.05) is 18.3 Å². The monoisotopic (exact) mass is 364 g/mol. The van der Waals surface area contributed by atoms with Gasteiger partial charge in [0.15, 0.2) is 0 Å². The van der Waals surface area contributed by atoms with Crippen molar-refractivity contribution in [3.8, 4) is 5.88 Å². The van der Waals surface area contributed by atoms with Crippen molar-refractivity contribution >= 4 is 5.91 Å². The summed E-state index contributed by atoms with van der Waals surface area (Å²) in [6.45, 7) is 2.82. The average Bonchev–Trinajstić information content (AvgIpc) is 2.69. The lowest BCUT2D eigenvalue weighted by Crippen LogP contribution is -2.46. The van der Waals surface area contributed by atoms with Gasteiger partial charge in [0.1, 0.15) is 6.61 Å². The lowest BCUT2D eigenvalue weighted by Gasteiger charge is -2.43. The Labute approximate surface area is 161 Å². The first-order valence-corrected chi connectivity index (χ1v) is 10.1. The van der Waals surface area contributed by atoms with Crippen LogP contribution in [0, 0.1) is 17.8 Å². The van der Waals surface area contributed by atoms with Gasteiger partial charge in [-0.1, -0.05) is 37.3 Å². The third kappa shape index (κ3) is 4.49. The first-order valence-electron chi connectivity index (χ1n) is 10.1. The smallest absolute Gasteiger partial charge is 0.253 e. The second-order valence-electron chi connectivity index (χ2n) is 8.26. The molecular formula is C23H28N2O2. The van der Waals surface area contributed by atoms with E-state index in [-0.39, 0.29) is 5.91 Å². The second kappa shape index (κ2) is 8.12. The largest absolute Gasteiger partial charge is 0.473 e. The number of hydrogen-bond donors (Lipinski definition) is 1. The zero-order chi connectivity index (χ0) is 18.6. The van der Waals surface area contributed by atoms with Crippen LogP contribution >= 0.6 is 0 Å². The highest BCUT2D eigenvalue weighted by Crippen LogP contribution is 2.42. The summed E-state index contributed by atoms with van der Waals surface area (Å²) in [6.07, 6.45) is 7.86. The van der Waals surface area contributed by atoms with Crippen molar-refractivity contribution in [2.75, 3.05) is 0 Å². The quantitative estimate of drug-likeness (QED) is 0.843. The molecule has 4 atom stereocenters. The number of nitrogens with zero attached hydrogens (tertiary/aromatic N) is 1. The fourth-order valence-electron chi connectivity index (χ4n) is 4.79. The molecule has 0 aliphatic heterocycles. The van der Waals surface area contributed by atoms with Crippen molar-refractivity contribution in [1.82, 2.24) is 10.3 Å². The van der Waals surface area contributed by atoms with Gasteiger partial charge in [-0.25, -0.2) is 4.98 Å². The van der Waals surface area contributed by atoms with Crippen molar-refractivity contribution in [3.63, 3.8) is 0 Å². The Balaban J connectivity index is 1.32. The highest BCUT2D eigenvalue weighted by molar-refractivity contribution is 5.94. The molecule has 1 N–H and O–H groups in total. The van der Waals surface area contributed by atoms with E-state index in [4.69, 9.17) is 4.74 Å². The van der Waals surface area contributed by atoms with Gasteiger partial charge in [-0.2, -0.15) is 0 Å². The van der Waals surface area contributed by atoms with Crippen LogP contribution in [0.3, 0.4) is 0 Å². The second-order valence-corrected chi connectivity index (χ2v) is 8.26. The Bertz CT molecular complexity index is 758. The fraction of sp³-hybridized carbons (Fsp3) is 0.478. The van der Waals surface area contributed by atoms with Gasteiger partial charge in [-0.3, -0.25) is 4.79 Å². The number of hydrogen-bond acceptors (Lipinski definition) is 3. The van der Waals surface area contributed by atoms with Crippen LogP contribution in [-0.4, -0.2) is 16.9 Å². The van der Waals surface area contributed by atoms with Gasteiger partial charge in [0.2, 0.25) is 5.88 Å². The molecule has 2 saturated carbocycles. The maximum absolute atomic E-state index is 12.7. The third-order valence-corrected chi connectivity index (χ3v) is 6.08. The number of carbonyl (C=O) groups excluding carboxylic acids is 1. The van der Waals surface area contributed by atoms with Gasteiger partial charge in [0.25, 0.3) is 5.91 Å². The van der Waals surface area contributed by atoms with Crippen LogP contribution in [0.2, 0.25) is 0 Å². The molecule has 4 unspecified atom stereocenters. The topological polar surface area (TPSA) is 51.2 Å². The molecule has 0 saturated heterocycles. The van der Waals surface area contributed by atoms with Gasteiger partial charge in [-0.15, -0.1) is 0 Å². The summed E-state index contributed by atoms with van der Waals surface area (Å²) in [5.41, 5.74) is 1.70. The molecule has 27 heavy (non-hydrogen) atoms. The molecule has 4 heteroatoms. The zero-order valence-electron chi connectivity index (χ0n) is 15.9. The van der Waals surface area contributed by atoms with Crippen LogP contribution in [0.1, 0.15) is 54.9 Å². The minimum atomic E-state index is -0.0150. The summed E-state index contributed by atoms with van der Waals surface area (Å²) in [4.78, 5) is 17.0. The molecule has 1 heterocycles. The molecule has 2 bridgehead atoms. The summed E-state index contributed by atoms with van der Waals surface area (Å²) >= 11 is 0. The number of benzene rings is 1. The number of fused-ring (bicyclic) bond motifs is 2. The van der Waals surface area contributed by atoms with E-state index < -0.39 is 0 Å². The normalized spacial score (nSPS) is 27.0. The first-order chi connectivity index (χ1) is 13.2. The molecule has 2 aliphatic carbocycles. The molecule has 4 nitrogen and oxygen atoms in total. The maximum atomic E-state index is 12.7. The Morgan fingerprint density at radius 3 is 2.74 bits per heavy atom. The molecule has 1 amide bonds. The minimum Gasteiger partial charge on any atom is -0.473 e. The van der Waals surface area contributed by atoms with Crippen molar-refractivity contribution in [2.45, 2.75) is 51.7 Å². The number of ether oxygens (including phenoxy) is 1. The highest BCUT2D eigenvalue weighted by atomic mass is 16.5. The Morgan fingerprint density at radius 2 is 1.96 bits per heavy atom. The lowest BCUT2D eigenvalue weighted by atomic mass is 9.66. The van der Waals surface area contributed by atoms with E-state index in [0.717, 1.165) is 23.8 Å². The SMILES string of the molecule is CC1CC2CCC(NC(=O)c3ccc(OCc4ccccc4)nc3)C(C1)C2. The van der Waals surface area contributed by atoms with Crippen molar-refractivity contribution < 1.29 is 9.53 Å². The number of rotatable bonds is 5. The fourth-order valence-corrected chi connectivity index (χ4v) is 4.79. The van der Waals surface area contributed by atoms with Gasteiger partial charge < -0.3 is 10.1 Å². The summed E-state index contributed by atoms with van der Waals surface area (Å²) < 4.78 is 5.70. The van der Waals surface area contributed by atoms with Crippen LogP contribution in [-0.2, 0) is 6.61 Å². The molecular weight excluding hydrogens is 336 g/mol. The van der Waals surface area contributed by atoms with Crippen molar-refractivity contribution in [2.24, 2.45) is 17.8 Å². The van der Waals surface area contributed by atoms with E-state index in [9.17, 15) is 4.79 Å². The predicted molar refractivity (Wildman–Crippen MR) is 105 cm³/mol. The number of carbonyl (C=O) groups is 1. The van der Waals surface area contributed by atoms with E-state index in [1.165, 1.54) is 25.7 Å². The predicted octanol–water partition coefficient (Wildman–Crippen LogP) is 4.61. The van der Waals surface area contributed by atoms with E-state index >= 15 is 0 Å². The Kier molecular flexibility index (Phi) is 5.42. The van der Waals surface area contributed by atoms with Crippen LogP contribution in [0.4, 0.5) is 0 Å². The van der Waals surface area contributed by atoms with E-state index in [1.54, 1.807) is 18.3 Å². The molecule has 0 radical (unpaired) electrons. The summed E-state index contributed by atoms with van der Waals surface area (Å²) in [5, 5.41) is 3.27. The van der Waals surface area contributed by atoms with Gasteiger partial charge in [0.05, 0.1) is 5.56 Å². The van der Waals surface area contributed by atoms with Gasteiger partial charge in [-0.05, 0) is 61.5 Å². The van der Waals surface area contributed by atoms with Crippen molar-refractivity contribution in [1.29, 1.82) is 0 Å². The number of pyridine rings is 1. The number of amides is 1. The minimum absolute atomic E-state index is 0.0150. The van der Waals surface area contributed by atoms with Crippen LogP contribution in [0.15, 0.2) is 48.7 Å². The molecule has 142 valence electrons. The zero-order valence-corrected chi connectivity index (χ0v) is 15.9. The lowest BCUT2D eigenvalue weighted by molar-refractivity contribution is 0.0791. The molecule has 0 spiro atoms. The van der Waals surface area contributed by atoms with E-state index in [1.807, 2.05) is 30.3 Å². The Hall–Kier alpha value is -2.36.